The average Bonchev–Trinajstić information content (AvgIpc) is 2.40. The maximum Gasteiger partial charge on any atom is 0.253 e. The third-order valence-corrected chi connectivity index (χ3v) is 2.63. The number of hydrogen-bond acceptors (Lipinski definition) is 4. The van der Waals surface area contributed by atoms with Crippen LogP contribution in [0.15, 0.2) is 43.0 Å². The molecule has 5 heteroatoms. The molecule has 1 atom stereocenters. The molecule has 1 amide bonds. The van der Waals surface area contributed by atoms with Crippen LogP contribution in [0.4, 0.5) is 5.69 Å². The van der Waals surface area contributed by atoms with Crippen molar-refractivity contribution in [3.63, 3.8) is 0 Å². The lowest BCUT2D eigenvalue weighted by Gasteiger charge is -2.14. The summed E-state index contributed by atoms with van der Waals surface area (Å²) in [4.78, 5) is 19.9. The van der Waals surface area contributed by atoms with Crippen LogP contribution >= 0.6 is 0 Å². The van der Waals surface area contributed by atoms with Crippen LogP contribution in [0.5, 0.6) is 0 Å². The minimum absolute atomic E-state index is 0.126. The molecule has 0 fully saturated rings. The summed E-state index contributed by atoms with van der Waals surface area (Å²) in [5.41, 5.74) is 7.44. The number of aromatic nitrogens is 2. The number of carbonyl (C=O) groups is 1. The minimum Gasteiger partial charge on any atom is -0.397 e. The van der Waals surface area contributed by atoms with Crippen LogP contribution in [0.3, 0.4) is 0 Å². The van der Waals surface area contributed by atoms with Crippen LogP contribution in [0.2, 0.25) is 0 Å². The van der Waals surface area contributed by atoms with E-state index in [9.17, 15) is 4.79 Å². The summed E-state index contributed by atoms with van der Waals surface area (Å²) >= 11 is 0. The fourth-order valence-electron chi connectivity index (χ4n) is 1.60. The number of hydrogen-bond donors (Lipinski definition) is 2. The lowest BCUT2D eigenvalue weighted by atomic mass is 10.1. The van der Waals surface area contributed by atoms with Crippen molar-refractivity contribution >= 4 is 11.6 Å². The number of nitrogens with two attached hydrogens (primary N) is 1. The Hall–Kier alpha value is -2.43. The van der Waals surface area contributed by atoms with Crippen molar-refractivity contribution in [3.05, 3.63) is 54.1 Å². The Bertz CT molecular complexity index is 542. The zero-order chi connectivity index (χ0) is 13.0. The van der Waals surface area contributed by atoms with E-state index in [1.54, 1.807) is 24.7 Å². The summed E-state index contributed by atoms with van der Waals surface area (Å²) in [7, 11) is 0. The summed E-state index contributed by atoms with van der Waals surface area (Å²) in [6.07, 6.45) is 6.42. The summed E-state index contributed by atoms with van der Waals surface area (Å²) in [5.74, 6) is -0.216. The van der Waals surface area contributed by atoms with Crippen molar-refractivity contribution < 1.29 is 4.79 Å². The van der Waals surface area contributed by atoms with Gasteiger partial charge in [0.15, 0.2) is 0 Å². The van der Waals surface area contributed by atoms with E-state index in [2.05, 4.69) is 15.3 Å². The topological polar surface area (TPSA) is 80.9 Å². The summed E-state index contributed by atoms with van der Waals surface area (Å²) in [6, 6.07) is 5.21. The molecule has 2 rings (SSSR count). The third kappa shape index (κ3) is 2.63. The van der Waals surface area contributed by atoms with Gasteiger partial charge in [-0.05, 0) is 24.6 Å². The second-order valence-electron chi connectivity index (χ2n) is 3.94. The van der Waals surface area contributed by atoms with E-state index < -0.39 is 0 Å². The van der Waals surface area contributed by atoms with Gasteiger partial charge in [-0.1, -0.05) is 6.07 Å². The van der Waals surface area contributed by atoms with Crippen LogP contribution < -0.4 is 11.1 Å². The molecule has 0 aliphatic rings. The van der Waals surface area contributed by atoms with Crippen molar-refractivity contribution in [1.82, 2.24) is 15.3 Å². The van der Waals surface area contributed by atoms with Gasteiger partial charge in [-0.3, -0.25) is 14.8 Å². The van der Waals surface area contributed by atoms with Crippen LogP contribution in [0.1, 0.15) is 28.9 Å². The summed E-state index contributed by atoms with van der Waals surface area (Å²) < 4.78 is 0. The van der Waals surface area contributed by atoms with Crippen LogP contribution in [0, 0.1) is 0 Å². The largest absolute Gasteiger partial charge is 0.397 e. The molecule has 0 aliphatic heterocycles. The van der Waals surface area contributed by atoms with E-state index in [-0.39, 0.29) is 11.9 Å². The van der Waals surface area contributed by atoms with E-state index in [4.69, 9.17) is 5.73 Å². The number of pyridine rings is 2. The predicted octanol–water partition coefficient (Wildman–Crippen LogP) is 1.55. The first-order chi connectivity index (χ1) is 8.68. The second-order valence-corrected chi connectivity index (χ2v) is 3.94. The number of nitrogen functional groups attached to an aromatic ring is 1. The zero-order valence-electron chi connectivity index (χ0n) is 10.00. The fourth-order valence-corrected chi connectivity index (χ4v) is 1.60. The van der Waals surface area contributed by atoms with Crippen LogP contribution in [0.25, 0.3) is 0 Å². The van der Waals surface area contributed by atoms with Crippen molar-refractivity contribution in [2.45, 2.75) is 13.0 Å². The smallest absolute Gasteiger partial charge is 0.253 e. The highest BCUT2D eigenvalue weighted by atomic mass is 16.1. The van der Waals surface area contributed by atoms with Crippen molar-refractivity contribution in [2.75, 3.05) is 5.73 Å². The molecule has 0 spiro atoms. The van der Waals surface area contributed by atoms with Gasteiger partial charge in [0.05, 0.1) is 23.5 Å². The molecule has 0 bridgehead atoms. The molecule has 3 N–H and O–H groups in total. The number of nitrogens with zero attached hydrogens (tertiary/aromatic N) is 2. The second kappa shape index (κ2) is 5.27. The maximum absolute atomic E-state index is 12.0. The molecule has 2 heterocycles. The Labute approximate surface area is 105 Å². The summed E-state index contributed by atoms with van der Waals surface area (Å²) in [5, 5.41) is 2.87. The zero-order valence-corrected chi connectivity index (χ0v) is 10.00. The quantitative estimate of drug-likeness (QED) is 0.855. The summed E-state index contributed by atoms with van der Waals surface area (Å²) in [6.45, 7) is 1.90. The van der Waals surface area contributed by atoms with Crippen molar-refractivity contribution in [1.29, 1.82) is 0 Å². The third-order valence-electron chi connectivity index (χ3n) is 2.63. The molecule has 1 unspecified atom stereocenters. The normalized spacial score (nSPS) is 11.8. The van der Waals surface area contributed by atoms with Gasteiger partial charge in [-0.15, -0.1) is 0 Å². The Balaban J connectivity index is 2.11. The van der Waals surface area contributed by atoms with Crippen LogP contribution in [-0.2, 0) is 0 Å². The van der Waals surface area contributed by atoms with Crippen molar-refractivity contribution in [2.24, 2.45) is 0 Å². The Kier molecular flexibility index (Phi) is 3.52. The highest BCUT2D eigenvalue weighted by molar-refractivity contribution is 5.99. The molecular weight excluding hydrogens is 228 g/mol. The van der Waals surface area contributed by atoms with Crippen LogP contribution in [-0.4, -0.2) is 15.9 Å². The van der Waals surface area contributed by atoms with Crippen molar-refractivity contribution in [3.8, 4) is 0 Å². The average molecular weight is 242 g/mol. The fraction of sp³-hybridized carbons (Fsp3) is 0.154. The molecule has 5 nitrogen and oxygen atoms in total. The SMILES string of the molecule is CC(NC(=O)c1ccncc1N)c1cccnc1. The number of amides is 1. The first-order valence-corrected chi connectivity index (χ1v) is 5.58. The minimum atomic E-state index is -0.216. The number of anilines is 1. The van der Waals surface area contributed by atoms with E-state index in [0.717, 1.165) is 5.56 Å². The van der Waals surface area contributed by atoms with Gasteiger partial charge < -0.3 is 11.1 Å². The number of rotatable bonds is 3. The monoisotopic (exact) mass is 242 g/mol. The number of carbonyl (C=O) groups excluding carboxylic acids is 1. The molecule has 0 saturated heterocycles. The molecule has 0 aromatic carbocycles. The van der Waals surface area contributed by atoms with Gasteiger partial charge >= 0.3 is 0 Å². The van der Waals surface area contributed by atoms with E-state index in [1.165, 1.54) is 6.20 Å². The lowest BCUT2D eigenvalue weighted by molar-refractivity contribution is 0.0940. The molecule has 2 aromatic heterocycles. The van der Waals surface area contributed by atoms with E-state index in [0.29, 0.717) is 11.3 Å². The highest BCUT2D eigenvalue weighted by Crippen LogP contribution is 2.13. The van der Waals surface area contributed by atoms with Gasteiger partial charge in [-0.25, -0.2) is 0 Å². The number of nitrogens with one attached hydrogen (secondary N) is 1. The Morgan fingerprint density at radius 1 is 1.28 bits per heavy atom. The molecule has 92 valence electrons. The predicted molar refractivity (Wildman–Crippen MR) is 68.8 cm³/mol. The molecular formula is C13H14N4O. The van der Waals surface area contributed by atoms with Gasteiger partial charge in [0.25, 0.3) is 5.91 Å². The van der Waals surface area contributed by atoms with Gasteiger partial charge in [0.2, 0.25) is 0 Å². The van der Waals surface area contributed by atoms with Gasteiger partial charge in [-0.2, -0.15) is 0 Å². The first-order valence-electron chi connectivity index (χ1n) is 5.58. The maximum atomic E-state index is 12.0. The standard InChI is InChI=1S/C13H14N4O/c1-9(10-3-2-5-15-7-10)17-13(18)11-4-6-16-8-12(11)14/h2-9H,14H2,1H3,(H,17,18). The molecule has 0 aliphatic carbocycles. The molecule has 0 radical (unpaired) electrons. The molecule has 0 saturated carbocycles. The Morgan fingerprint density at radius 2 is 2.06 bits per heavy atom. The Morgan fingerprint density at radius 3 is 2.72 bits per heavy atom. The van der Waals surface area contributed by atoms with E-state index in [1.807, 2.05) is 19.1 Å². The highest BCUT2D eigenvalue weighted by Gasteiger charge is 2.13. The van der Waals surface area contributed by atoms with Gasteiger partial charge in [0, 0.05) is 18.6 Å². The lowest BCUT2D eigenvalue weighted by Crippen LogP contribution is -2.27. The van der Waals surface area contributed by atoms with Gasteiger partial charge in [0.1, 0.15) is 0 Å². The molecule has 18 heavy (non-hydrogen) atoms. The first kappa shape index (κ1) is 12.0. The molecule has 2 aromatic rings. The van der Waals surface area contributed by atoms with E-state index >= 15 is 0 Å².